The molecule has 2 aromatic rings. The summed E-state index contributed by atoms with van der Waals surface area (Å²) in [6, 6.07) is 4.43. The fourth-order valence-corrected chi connectivity index (χ4v) is 6.19. The molecule has 0 spiro atoms. The Bertz CT molecular complexity index is 1160. The predicted octanol–water partition coefficient (Wildman–Crippen LogP) is 5.01. The van der Waals surface area contributed by atoms with Crippen molar-refractivity contribution in [3.8, 4) is 11.5 Å². The number of hydrogen-bond acceptors (Lipinski definition) is 6. The maximum absolute atomic E-state index is 12.2. The molecule has 6 rings (SSSR count). The van der Waals surface area contributed by atoms with Gasteiger partial charge >= 0.3 is 11.9 Å². The Hall–Kier alpha value is -3.28. The van der Waals surface area contributed by atoms with Crippen LogP contribution >= 0.6 is 0 Å². The Labute approximate surface area is 198 Å². The van der Waals surface area contributed by atoms with Crippen molar-refractivity contribution in [3.05, 3.63) is 58.7 Å². The predicted molar refractivity (Wildman–Crippen MR) is 127 cm³/mol. The van der Waals surface area contributed by atoms with E-state index in [1.165, 1.54) is 11.1 Å². The molecule has 0 amide bonds. The fourth-order valence-electron chi connectivity index (χ4n) is 6.19. The molecule has 0 radical (unpaired) electrons. The zero-order chi connectivity index (χ0) is 23.4. The topological polar surface area (TPSA) is 71.1 Å². The maximum Gasteiger partial charge on any atom is 0.344 e. The number of allylic oxidation sites excluding steroid dienone is 4. The molecule has 0 fully saturated rings. The van der Waals surface area contributed by atoms with E-state index in [4.69, 9.17) is 18.9 Å². The molecule has 6 heteroatoms. The lowest BCUT2D eigenvalue weighted by Crippen LogP contribution is -2.18. The first-order chi connectivity index (χ1) is 16.6. The SMILES string of the molecule is CCOC(=O)COc1c2c(c(OCC(=O)OCC)c3cc4c(cc13)[C@H]1C=C[C@@H]4C1)[C@H]1C=C[C@@H]2C1. The Morgan fingerprint density at radius 3 is 1.56 bits per heavy atom. The highest BCUT2D eigenvalue weighted by atomic mass is 16.6. The van der Waals surface area contributed by atoms with E-state index < -0.39 is 0 Å². The first-order valence-corrected chi connectivity index (χ1v) is 12.2. The number of fused-ring (bicyclic) bond motifs is 11. The molecule has 0 saturated heterocycles. The summed E-state index contributed by atoms with van der Waals surface area (Å²) in [7, 11) is 0. The van der Waals surface area contributed by atoms with Crippen molar-refractivity contribution >= 4 is 22.7 Å². The molecule has 4 aliphatic carbocycles. The van der Waals surface area contributed by atoms with Crippen LogP contribution in [0.1, 0.15) is 72.6 Å². The van der Waals surface area contributed by atoms with Crippen molar-refractivity contribution in [2.75, 3.05) is 26.4 Å². The molecule has 4 aliphatic rings. The van der Waals surface area contributed by atoms with Crippen molar-refractivity contribution in [1.82, 2.24) is 0 Å². The van der Waals surface area contributed by atoms with Gasteiger partial charge in [0.2, 0.25) is 0 Å². The number of benzene rings is 2. The molecule has 0 aromatic heterocycles. The van der Waals surface area contributed by atoms with Crippen molar-refractivity contribution in [1.29, 1.82) is 0 Å². The summed E-state index contributed by atoms with van der Waals surface area (Å²) >= 11 is 0. The monoisotopic (exact) mass is 460 g/mol. The number of hydrogen-bond donors (Lipinski definition) is 0. The van der Waals surface area contributed by atoms with Gasteiger partial charge in [-0.05, 0) is 49.9 Å². The van der Waals surface area contributed by atoms with Gasteiger partial charge in [-0.15, -0.1) is 0 Å². The second kappa shape index (κ2) is 8.19. The molecule has 0 unspecified atom stereocenters. The summed E-state index contributed by atoms with van der Waals surface area (Å²) in [5.74, 6) is 1.96. The zero-order valence-electron chi connectivity index (χ0n) is 19.5. The van der Waals surface area contributed by atoms with Crippen LogP contribution in [0.3, 0.4) is 0 Å². The van der Waals surface area contributed by atoms with Crippen LogP contribution in [-0.2, 0) is 19.1 Å². The van der Waals surface area contributed by atoms with Gasteiger partial charge in [-0.3, -0.25) is 0 Å². The van der Waals surface area contributed by atoms with E-state index in [9.17, 15) is 9.59 Å². The van der Waals surface area contributed by atoms with E-state index in [0.29, 0.717) is 25.0 Å². The van der Waals surface area contributed by atoms with Crippen molar-refractivity contribution in [2.24, 2.45) is 0 Å². The molecule has 6 nitrogen and oxygen atoms in total. The Morgan fingerprint density at radius 1 is 0.706 bits per heavy atom. The smallest absolute Gasteiger partial charge is 0.344 e. The van der Waals surface area contributed by atoms with Gasteiger partial charge < -0.3 is 18.9 Å². The third-order valence-electron chi connectivity index (χ3n) is 7.48. The molecule has 4 bridgehead atoms. The minimum atomic E-state index is -0.381. The highest BCUT2D eigenvalue weighted by molar-refractivity contribution is 5.99. The number of rotatable bonds is 8. The Balaban J connectivity index is 1.52. The van der Waals surface area contributed by atoms with Crippen LogP contribution in [0.2, 0.25) is 0 Å². The van der Waals surface area contributed by atoms with E-state index in [1.54, 1.807) is 13.8 Å². The number of ether oxygens (including phenoxy) is 4. The van der Waals surface area contributed by atoms with Crippen LogP contribution in [-0.4, -0.2) is 38.4 Å². The number of carbonyl (C=O) groups excluding carboxylic acids is 2. The van der Waals surface area contributed by atoms with Gasteiger partial charge in [-0.1, -0.05) is 24.3 Å². The molecular weight excluding hydrogens is 432 g/mol. The van der Waals surface area contributed by atoms with Crippen LogP contribution in [0.15, 0.2) is 36.4 Å². The third-order valence-corrected chi connectivity index (χ3v) is 7.48. The number of carbonyl (C=O) groups is 2. The summed E-state index contributed by atoms with van der Waals surface area (Å²) in [6.07, 6.45) is 11.0. The molecule has 0 heterocycles. The first-order valence-electron chi connectivity index (χ1n) is 12.2. The highest BCUT2D eigenvalue weighted by Crippen LogP contribution is 2.60. The molecule has 34 heavy (non-hydrogen) atoms. The summed E-state index contributed by atoms with van der Waals surface area (Å²) in [6.45, 7) is 3.94. The van der Waals surface area contributed by atoms with Gasteiger partial charge in [0.05, 0.1) is 13.2 Å². The molecule has 4 atom stereocenters. The van der Waals surface area contributed by atoms with Gasteiger partial charge in [0.25, 0.3) is 0 Å². The summed E-state index contributed by atoms with van der Waals surface area (Å²) in [4.78, 5) is 24.3. The first kappa shape index (κ1) is 21.3. The molecule has 0 N–H and O–H groups in total. The van der Waals surface area contributed by atoms with Crippen LogP contribution in [0.25, 0.3) is 10.8 Å². The standard InChI is InChI=1S/C28H28O6/c1-3-31-23(29)13-33-27-21-11-19-15-5-6-16(9-15)20(19)12-22(21)28(34-14-24(30)32-4-2)26-18-8-7-17(10-18)25(26)27/h5-8,11-12,15-18H,3-4,9-10,13-14H2,1-2H3/t15-,16+,17+,18-. The fraction of sp³-hybridized carbons (Fsp3) is 0.429. The zero-order valence-corrected chi connectivity index (χ0v) is 19.5. The lowest BCUT2D eigenvalue weighted by Gasteiger charge is -2.24. The van der Waals surface area contributed by atoms with E-state index in [1.807, 2.05) is 0 Å². The molecule has 2 aromatic carbocycles. The largest absolute Gasteiger partial charge is 0.481 e. The van der Waals surface area contributed by atoms with Gasteiger partial charge in [-0.25, -0.2) is 9.59 Å². The van der Waals surface area contributed by atoms with Crippen molar-refractivity contribution in [2.45, 2.75) is 50.4 Å². The van der Waals surface area contributed by atoms with Gasteiger partial charge in [-0.2, -0.15) is 0 Å². The third kappa shape index (κ3) is 3.23. The quantitative estimate of drug-likeness (QED) is 0.408. The minimum absolute atomic E-state index is 0.136. The van der Waals surface area contributed by atoms with E-state index >= 15 is 0 Å². The van der Waals surface area contributed by atoms with Crippen LogP contribution in [0.4, 0.5) is 0 Å². The number of esters is 2. The molecule has 0 aliphatic heterocycles. The lowest BCUT2D eigenvalue weighted by molar-refractivity contribution is -0.146. The van der Waals surface area contributed by atoms with Crippen molar-refractivity contribution < 1.29 is 28.5 Å². The normalized spacial score (nSPS) is 24.4. The second-order valence-electron chi connectivity index (χ2n) is 9.37. The van der Waals surface area contributed by atoms with Crippen LogP contribution in [0.5, 0.6) is 11.5 Å². The average Bonchev–Trinajstić information content (AvgIpc) is 3.62. The van der Waals surface area contributed by atoms with Gasteiger partial charge in [0.1, 0.15) is 11.5 Å². The van der Waals surface area contributed by atoms with E-state index in [0.717, 1.165) is 46.2 Å². The molecule has 176 valence electrons. The molecule has 0 saturated carbocycles. The maximum atomic E-state index is 12.2. The van der Waals surface area contributed by atoms with Crippen molar-refractivity contribution in [3.63, 3.8) is 0 Å². The average molecular weight is 461 g/mol. The van der Waals surface area contributed by atoms with E-state index in [2.05, 4.69) is 36.4 Å². The summed E-state index contributed by atoms with van der Waals surface area (Å²) in [5.41, 5.74) is 4.77. The highest BCUT2D eigenvalue weighted by Gasteiger charge is 2.41. The van der Waals surface area contributed by atoms with Gasteiger partial charge in [0.15, 0.2) is 13.2 Å². The van der Waals surface area contributed by atoms with Crippen LogP contribution in [0, 0.1) is 0 Å². The Kier molecular flexibility index (Phi) is 5.12. The van der Waals surface area contributed by atoms with Gasteiger partial charge in [0, 0.05) is 45.6 Å². The minimum Gasteiger partial charge on any atom is -0.481 e. The lowest BCUT2D eigenvalue weighted by atomic mass is 9.87. The second-order valence-corrected chi connectivity index (χ2v) is 9.37. The van der Waals surface area contributed by atoms with Crippen LogP contribution < -0.4 is 9.47 Å². The summed E-state index contributed by atoms with van der Waals surface area (Å²) < 4.78 is 22.7. The molecular formula is C28H28O6. The summed E-state index contributed by atoms with van der Waals surface area (Å²) in [5, 5.41) is 1.87. The Morgan fingerprint density at radius 2 is 1.12 bits per heavy atom. The van der Waals surface area contributed by atoms with E-state index in [-0.39, 0.29) is 37.0 Å².